The fourth-order valence-electron chi connectivity index (χ4n) is 6.54. The summed E-state index contributed by atoms with van der Waals surface area (Å²) in [5, 5.41) is 3.45. The van der Waals surface area contributed by atoms with Gasteiger partial charge in [0.25, 0.3) is 0 Å². The summed E-state index contributed by atoms with van der Waals surface area (Å²) in [7, 11) is 0. The summed E-state index contributed by atoms with van der Waals surface area (Å²) in [6.45, 7) is 6.35. The predicted octanol–water partition coefficient (Wildman–Crippen LogP) is 2.54. The molecule has 2 saturated heterocycles. The largest absolute Gasteiger partial charge is 0.341 e. The molecule has 2 aliphatic carbocycles. The molecule has 2 bridgehead atoms. The molecule has 4 aliphatic rings. The molecule has 1 amide bonds. The number of amides is 1. The average molecular weight is 368 g/mol. The van der Waals surface area contributed by atoms with Gasteiger partial charge in [-0.25, -0.2) is 0 Å². The van der Waals surface area contributed by atoms with Crippen molar-refractivity contribution in [2.24, 2.45) is 17.3 Å². The smallest absolute Gasteiger partial charge is 0.229 e. The summed E-state index contributed by atoms with van der Waals surface area (Å²) in [6.07, 6.45) is 7.12. The molecule has 0 spiro atoms. The second kappa shape index (κ2) is 7.21. The molecule has 0 aromatic heterocycles. The van der Waals surface area contributed by atoms with Crippen LogP contribution >= 0.6 is 0 Å². The molecule has 2 aliphatic heterocycles. The van der Waals surface area contributed by atoms with Crippen molar-refractivity contribution >= 4 is 5.91 Å². The first kappa shape index (κ1) is 17.7. The molecule has 27 heavy (non-hydrogen) atoms. The van der Waals surface area contributed by atoms with Gasteiger partial charge in [-0.15, -0.1) is 0 Å². The number of nitrogens with zero attached hydrogens (tertiary/aromatic N) is 2. The molecule has 0 radical (unpaired) electrons. The summed E-state index contributed by atoms with van der Waals surface area (Å²) in [4.78, 5) is 18.7. The third kappa shape index (κ3) is 3.21. The molecule has 4 atom stereocenters. The summed E-state index contributed by atoms with van der Waals surface area (Å²) in [6, 6.07) is 11.3. The van der Waals surface area contributed by atoms with E-state index < -0.39 is 0 Å². The van der Waals surface area contributed by atoms with Crippen molar-refractivity contribution in [3.05, 3.63) is 35.9 Å². The standard InChI is InChI=1S/C23H33N3O/c27-22(26-11-8-21(17-26)25-12-9-24-10-13-25)23(15-18-4-2-1-3-5-18)16-19-6-7-20(23)14-19/h1-5,19-21,24H,6-17H2. The highest BCUT2D eigenvalue weighted by molar-refractivity contribution is 5.84. The molecule has 2 heterocycles. The zero-order chi connectivity index (χ0) is 18.3. The number of nitrogens with one attached hydrogen (secondary N) is 1. The summed E-state index contributed by atoms with van der Waals surface area (Å²) in [5.74, 6) is 1.87. The number of piperazine rings is 1. The molecular formula is C23H33N3O. The van der Waals surface area contributed by atoms with Crippen LogP contribution in [0.3, 0.4) is 0 Å². The number of carbonyl (C=O) groups excluding carboxylic acids is 1. The van der Waals surface area contributed by atoms with Crippen LogP contribution in [-0.2, 0) is 11.2 Å². The number of likely N-dealkylation sites (tertiary alicyclic amines) is 1. The van der Waals surface area contributed by atoms with Crippen molar-refractivity contribution in [3.8, 4) is 0 Å². The van der Waals surface area contributed by atoms with Crippen molar-refractivity contribution < 1.29 is 4.79 Å². The monoisotopic (exact) mass is 367 g/mol. The third-order valence-corrected chi connectivity index (χ3v) is 7.88. The van der Waals surface area contributed by atoms with Gasteiger partial charge in [0.15, 0.2) is 0 Å². The van der Waals surface area contributed by atoms with Crippen LogP contribution in [0.15, 0.2) is 30.3 Å². The maximum absolute atomic E-state index is 13.9. The minimum atomic E-state index is -0.122. The second-order valence-corrected chi connectivity index (χ2v) is 9.38. The first-order valence-corrected chi connectivity index (χ1v) is 11.0. The van der Waals surface area contributed by atoms with Crippen molar-refractivity contribution in [1.82, 2.24) is 15.1 Å². The lowest BCUT2D eigenvalue weighted by atomic mass is 9.68. The van der Waals surface area contributed by atoms with E-state index in [1.165, 1.54) is 24.8 Å². The summed E-state index contributed by atoms with van der Waals surface area (Å²) < 4.78 is 0. The lowest BCUT2D eigenvalue weighted by Crippen LogP contribution is -2.51. The van der Waals surface area contributed by atoms with E-state index in [1.807, 2.05) is 0 Å². The van der Waals surface area contributed by atoms with Gasteiger partial charge in [0, 0.05) is 45.3 Å². The van der Waals surface area contributed by atoms with Gasteiger partial charge in [-0.05, 0) is 49.5 Å². The number of benzene rings is 1. The fraction of sp³-hybridized carbons (Fsp3) is 0.696. The Morgan fingerprint density at radius 3 is 2.59 bits per heavy atom. The number of carbonyl (C=O) groups is 1. The van der Waals surface area contributed by atoms with E-state index >= 15 is 0 Å². The lowest BCUT2D eigenvalue weighted by molar-refractivity contribution is -0.144. The number of rotatable bonds is 4. The Kier molecular flexibility index (Phi) is 4.73. The van der Waals surface area contributed by atoms with Gasteiger partial charge in [0.05, 0.1) is 5.41 Å². The highest BCUT2D eigenvalue weighted by Gasteiger charge is 2.56. The fourth-order valence-corrected chi connectivity index (χ4v) is 6.54. The zero-order valence-electron chi connectivity index (χ0n) is 16.4. The molecule has 2 saturated carbocycles. The van der Waals surface area contributed by atoms with Gasteiger partial charge >= 0.3 is 0 Å². The third-order valence-electron chi connectivity index (χ3n) is 7.88. The molecule has 5 rings (SSSR count). The molecule has 4 nitrogen and oxygen atoms in total. The Balaban J connectivity index is 1.34. The van der Waals surface area contributed by atoms with E-state index in [0.717, 1.165) is 64.4 Å². The average Bonchev–Trinajstić information content (AvgIpc) is 3.45. The summed E-state index contributed by atoms with van der Waals surface area (Å²) >= 11 is 0. The van der Waals surface area contributed by atoms with Gasteiger partial charge in [-0.1, -0.05) is 36.8 Å². The Hall–Kier alpha value is -1.39. The molecule has 4 unspecified atom stereocenters. The van der Waals surface area contributed by atoms with E-state index in [0.29, 0.717) is 17.9 Å². The van der Waals surface area contributed by atoms with Crippen LogP contribution in [-0.4, -0.2) is 61.0 Å². The second-order valence-electron chi connectivity index (χ2n) is 9.38. The molecule has 1 N–H and O–H groups in total. The highest BCUT2D eigenvalue weighted by Crippen LogP contribution is 2.58. The molecule has 4 fully saturated rings. The van der Waals surface area contributed by atoms with Crippen LogP contribution in [0.2, 0.25) is 0 Å². The van der Waals surface area contributed by atoms with E-state index in [-0.39, 0.29) is 5.41 Å². The Morgan fingerprint density at radius 1 is 1.07 bits per heavy atom. The van der Waals surface area contributed by atoms with Gasteiger partial charge in [-0.2, -0.15) is 0 Å². The first-order valence-electron chi connectivity index (χ1n) is 11.0. The van der Waals surface area contributed by atoms with Crippen LogP contribution in [0, 0.1) is 17.3 Å². The topological polar surface area (TPSA) is 35.6 Å². The van der Waals surface area contributed by atoms with Crippen LogP contribution in [0.25, 0.3) is 0 Å². The Morgan fingerprint density at radius 2 is 1.89 bits per heavy atom. The van der Waals surface area contributed by atoms with Crippen molar-refractivity contribution in [1.29, 1.82) is 0 Å². The van der Waals surface area contributed by atoms with Gasteiger partial charge < -0.3 is 10.2 Å². The van der Waals surface area contributed by atoms with Gasteiger partial charge in [0.2, 0.25) is 5.91 Å². The molecule has 146 valence electrons. The quantitative estimate of drug-likeness (QED) is 0.888. The van der Waals surface area contributed by atoms with E-state index in [1.54, 1.807) is 0 Å². The maximum atomic E-state index is 13.9. The van der Waals surface area contributed by atoms with E-state index in [9.17, 15) is 4.79 Å². The normalized spacial score (nSPS) is 36.4. The Bertz CT molecular complexity index is 671. The van der Waals surface area contributed by atoms with Crippen molar-refractivity contribution in [3.63, 3.8) is 0 Å². The van der Waals surface area contributed by atoms with Crippen LogP contribution < -0.4 is 5.32 Å². The zero-order valence-corrected chi connectivity index (χ0v) is 16.4. The predicted molar refractivity (Wildman–Crippen MR) is 107 cm³/mol. The van der Waals surface area contributed by atoms with Gasteiger partial charge in [0.1, 0.15) is 0 Å². The molecular weight excluding hydrogens is 334 g/mol. The van der Waals surface area contributed by atoms with Crippen molar-refractivity contribution in [2.45, 2.75) is 44.6 Å². The SMILES string of the molecule is O=C(N1CCC(N2CCNCC2)C1)C1(Cc2ccccc2)CC2CCC1C2. The number of hydrogen-bond donors (Lipinski definition) is 1. The van der Waals surface area contributed by atoms with Crippen molar-refractivity contribution in [2.75, 3.05) is 39.3 Å². The van der Waals surface area contributed by atoms with Crippen LogP contribution in [0.1, 0.15) is 37.7 Å². The molecule has 1 aromatic rings. The Labute approximate surface area is 163 Å². The van der Waals surface area contributed by atoms with Gasteiger partial charge in [-0.3, -0.25) is 9.69 Å². The first-order chi connectivity index (χ1) is 13.2. The number of fused-ring (bicyclic) bond motifs is 2. The van der Waals surface area contributed by atoms with Crippen LogP contribution in [0.4, 0.5) is 0 Å². The maximum Gasteiger partial charge on any atom is 0.229 e. The van der Waals surface area contributed by atoms with E-state index in [4.69, 9.17) is 0 Å². The molecule has 4 heteroatoms. The minimum Gasteiger partial charge on any atom is -0.341 e. The molecule has 1 aromatic carbocycles. The van der Waals surface area contributed by atoms with Crippen LogP contribution in [0.5, 0.6) is 0 Å². The number of hydrogen-bond acceptors (Lipinski definition) is 3. The van der Waals surface area contributed by atoms with E-state index in [2.05, 4.69) is 45.4 Å². The summed E-state index contributed by atoms with van der Waals surface area (Å²) in [5.41, 5.74) is 1.22. The minimum absolute atomic E-state index is 0.122. The lowest BCUT2D eigenvalue weighted by Gasteiger charge is -2.40. The highest BCUT2D eigenvalue weighted by atomic mass is 16.2.